The topological polar surface area (TPSA) is 86.2 Å². The van der Waals surface area contributed by atoms with Gasteiger partial charge < -0.3 is 0 Å². The summed E-state index contributed by atoms with van der Waals surface area (Å²) in [5.41, 5.74) is 4.45. The van der Waals surface area contributed by atoms with Gasteiger partial charge in [0.15, 0.2) is 11.2 Å². The summed E-state index contributed by atoms with van der Waals surface area (Å²) in [6, 6.07) is 9.88. The number of aryl methyl sites for hydroxylation is 1. The molecule has 3 rings (SSSR count). The summed E-state index contributed by atoms with van der Waals surface area (Å²) in [7, 11) is 3.02. The van der Waals surface area contributed by atoms with Crippen molar-refractivity contribution in [2.24, 2.45) is 19.2 Å². The lowest BCUT2D eigenvalue weighted by Crippen LogP contribution is -2.37. The monoisotopic (exact) mass is 378 g/mol. The van der Waals surface area contributed by atoms with Gasteiger partial charge in [-0.1, -0.05) is 42.5 Å². The minimum atomic E-state index is -0.433. The average molecular weight is 378 g/mol. The zero-order chi connectivity index (χ0) is 20.3. The second-order valence-corrected chi connectivity index (χ2v) is 6.32. The van der Waals surface area contributed by atoms with E-state index in [4.69, 9.17) is 0 Å². The molecule has 0 saturated heterocycles. The van der Waals surface area contributed by atoms with Gasteiger partial charge in [-0.15, -0.1) is 6.58 Å². The number of hydrazone groups is 1. The Morgan fingerprint density at radius 3 is 2.61 bits per heavy atom. The predicted octanol–water partition coefficient (Wildman–Crippen LogP) is 2.12. The van der Waals surface area contributed by atoms with E-state index in [1.54, 1.807) is 17.7 Å². The molecule has 0 unspecified atom stereocenters. The van der Waals surface area contributed by atoms with Crippen LogP contribution >= 0.6 is 0 Å². The van der Waals surface area contributed by atoms with Crippen LogP contribution in [0.15, 0.2) is 63.8 Å². The molecule has 8 nitrogen and oxygen atoms in total. The number of hydrogen-bond acceptors (Lipinski definition) is 5. The van der Waals surface area contributed by atoms with Crippen LogP contribution in [-0.2, 0) is 20.6 Å². The molecule has 0 saturated carbocycles. The molecule has 0 amide bonds. The van der Waals surface area contributed by atoms with Crippen molar-refractivity contribution in [2.75, 3.05) is 5.43 Å². The summed E-state index contributed by atoms with van der Waals surface area (Å²) >= 11 is 0. The van der Waals surface area contributed by atoms with Crippen molar-refractivity contribution in [3.8, 4) is 0 Å². The van der Waals surface area contributed by atoms with Crippen LogP contribution in [0.2, 0.25) is 0 Å². The third kappa shape index (κ3) is 3.57. The minimum absolute atomic E-state index is 0.296. The normalized spacial score (nSPS) is 12.0. The number of allylic oxidation sites excluding steroid dienone is 2. The lowest BCUT2D eigenvalue weighted by atomic mass is 10.2. The Labute approximate surface area is 161 Å². The molecule has 1 aromatic carbocycles. The molecule has 3 aromatic rings. The van der Waals surface area contributed by atoms with Crippen LogP contribution in [0.5, 0.6) is 0 Å². The lowest BCUT2D eigenvalue weighted by molar-refractivity contribution is 0.703. The van der Waals surface area contributed by atoms with E-state index in [0.29, 0.717) is 23.7 Å². The molecule has 144 valence electrons. The summed E-state index contributed by atoms with van der Waals surface area (Å²) in [5, 5.41) is 4.32. The number of rotatable bonds is 6. The smallest absolute Gasteiger partial charge is 0.299 e. The fraction of sp³-hybridized carbons (Fsp3) is 0.200. The molecule has 2 heterocycles. The van der Waals surface area contributed by atoms with Crippen LogP contribution in [0, 0.1) is 0 Å². The summed E-state index contributed by atoms with van der Waals surface area (Å²) in [6.45, 7) is 5.93. The fourth-order valence-electron chi connectivity index (χ4n) is 2.80. The standard InChI is InChI=1S/C20H22N6O2/c1-5-13-26-16-17(24(3)20(28)25(4)18(16)27)21-19(26)23-22-14(2)11-12-15-9-7-6-8-10-15/h5-12H,1,13H2,2-4H3,(H,21,23)/b12-11+,22-14-. The molecule has 0 aliphatic rings. The Hall–Kier alpha value is -3.68. The van der Waals surface area contributed by atoms with Crippen molar-refractivity contribution < 1.29 is 0 Å². The number of nitrogens with zero attached hydrogens (tertiary/aromatic N) is 5. The van der Waals surface area contributed by atoms with Gasteiger partial charge in [-0.05, 0) is 18.6 Å². The van der Waals surface area contributed by atoms with Gasteiger partial charge in [0.2, 0.25) is 5.95 Å². The van der Waals surface area contributed by atoms with Crippen molar-refractivity contribution in [1.82, 2.24) is 18.7 Å². The first-order chi connectivity index (χ1) is 13.4. The Kier molecular flexibility index (Phi) is 5.39. The van der Waals surface area contributed by atoms with Crippen molar-refractivity contribution in [3.63, 3.8) is 0 Å². The van der Waals surface area contributed by atoms with Crippen molar-refractivity contribution in [1.29, 1.82) is 0 Å². The molecule has 0 fully saturated rings. The SMILES string of the molecule is C=CCn1c(N/N=C(C)\C=C\c2ccccc2)nc2c1c(=O)n(C)c(=O)n2C. The zero-order valence-electron chi connectivity index (χ0n) is 16.1. The Morgan fingerprint density at radius 1 is 1.21 bits per heavy atom. The molecule has 0 aliphatic carbocycles. The average Bonchev–Trinajstić information content (AvgIpc) is 3.07. The van der Waals surface area contributed by atoms with Crippen LogP contribution in [0.3, 0.4) is 0 Å². The Balaban J connectivity index is 2.00. The Morgan fingerprint density at radius 2 is 1.93 bits per heavy atom. The molecule has 0 bridgehead atoms. The number of nitrogens with one attached hydrogen (secondary N) is 1. The Bertz CT molecular complexity index is 1200. The molecule has 0 radical (unpaired) electrons. The van der Waals surface area contributed by atoms with Crippen molar-refractivity contribution >= 4 is 28.9 Å². The van der Waals surface area contributed by atoms with E-state index in [-0.39, 0.29) is 0 Å². The van der Waals surface area contributed by atoms with Gasteiger partial charge in [-0.3, -0.25) is 18.5 Å². The van der Waals surface area contributed by atoms with Gasteiger partial charge in [-0.25, -0.2) is 10.2 Å². The van der Waals surface area contributed by atoms with Crippen LogP contribution in [0.25, 0.3) is 17.2 Å². The minimum Gasteiger partial charge on any atom is -0.299 e. The van der Waals surface area contributed by atoms with Crippen molar-refractivity contribution in [2.45, 2.75) is 13.5 Å². The third-order valence-corrected chi connectivity index (χ3v) is 4.31. The molecule has 0 aliphatic heterocycles. The number of imidazole rings is 1. The number of aromatic nitrogens is 4. The fourth-order valence-corrected chi connectivity index (χ4v) is 2.80. The number of fused-ring (bicyclic) bond motifs is 1. The van der Waals surface area contributed by atoms with Crippen LogP contribution in [0.4, 0.5) is 5.95 Å². The molecule has 1 N–H and O–H groups in total. The second kappa shape index (κ2) is 7.91. The summed E-state index contributed by atoms with van der Waals surface area (Å²) in [6.07, 6.45) is 5.48. The third-order valence-electron chi connectivity index (χ3n) is 4.31. The van der Waals surface area contributed by atoms with Gasteiger partial charge in [-0.2, -0.15) is 10.1 Å². The molecular weight excluding hydrogens is 356 g/mol. The van der Waals surface area contributed by atoms with E-state index in [1.165, 1.54) is 11.6 Å². The van der Waals surface area contributed by atoms with Gasteiger partial charge in [0.1, 0.15) is 0 Å². The van der Waals surface area contributed by atoms with E-state index < -0.39 is 11.2 Å². The maximum absolute atomic E-state index is 12.6. The summed E-state index contributed by atoms with van der Waals surface area (Å²) < 4.78 is 4.06. The highest BCUT2D eigenvalue weighted by molar-refractivity contribution is 5.96. The number of benzene rings is 1. The predicted molar refractivity (Wildman–Crippen MR) is 113 cm³/mol. The van der Waals surface area contributed by atoms with E-state index >= 15 is 0 Å². The van der Waals surface area contributed by atoms with Crippen LogP contribution < -0.4 is 16.7 Å². The van der Waals surface area contributed by atoms with Gasteiger partial charge in [0.05, 0.1) is 5.71 Å². The van der Waals surface area contributed by atoms with E-state index in [2.05, 4.69) is 22.1 Å². The number of anilines is 1. The highest BCUT2D eigenvalue weighted by atomic mass is 16.2. The molecule has 0 spiro atoms. The highest BCUT2D eigenvalue weighted by Crippen LogP contribution is 2.15. The first-order valence-corrected chi connectivity index (χ1v) is 8.74. The second-order valence-electron chi connectivity index (χ2n) is 6.32. The molecule has 2 aromatic heterocycles. The van der Waals surface area contributed by atoms with Gasteiger partial charge in [0.25, 0.3) is 5.56 Å². The highest BCUT2D eigenvalue weighted by Gasteiger charge is 2.18. The van der Waals surface area contributed by atoms with Crippen LogP contribution in [-0.4, -0.2) is 24.4 Å². The molecule has 28 heavy (non-hydrogen) atoms. The largest absolute Gasteiger partial charge is 0.332 e. The molecular formula is C20H22N6O2. The maximum atomic E-state index is 12.6. The van der Waals surface area contributed by atoms with Crippen molar-refractivity contribution in [3.05, 3.63) is 75.5 Å². The van der Waals surface area contributed by atoms with E-state index in [9.17, 15) is 9.59 Å². The quantitative estimate of drug-likeness (QED) is 0.404. The van der Waals surface area contributed by atoms with Gasteiger partial charge in [0, 0.05) is 20.6 Å². The zero-order valence-corrected chi connectivity index (χ0v) is 16.1. The summed E-state index contributed by atoms with van der Waals surface area (Å²) in [4.78, 5) is 29.2. The van der Waals surface area contributed by atoms with Gasteiger partial charge >= 0.3 is 5.69 Å². The van der Waals surface area contributed by atoms with Crippen LogP contribution in [0.1, 0.15) is 12.5 Å². The first kappa shape index (κ1) is 19.1. The van der Waals surface area contributed by atoms with E-state index in [0.717, 1.165) is 15.8 Å². The molecule has 0 atom stereocenters. The maximum Gasteiger partial charge on any atom is 0.332 e. The first-order valence-electron chi connectivity index (χ1n) is 8.74. The molecule has 8 heteroatoms. The summed E-state index contributed by atoms with van der Waals surface area (Å²) in [5.74, 6) is 0.362. The lowest BCUT2D eigenvalue weighted by Gasteiger charge is -2.06. The van der Waals surface area contributed by atoms with E-state index in [1.807, 2.05) is 49.4 Å². The number of hydrogen-bond donors (Lipinski definition) is 1.